The fourth-order valence-corrected chi connectivity index (χ4v) is 8.50. The Balaban J connectivity index is 1.25. The predicted octanol–water partition coefficient (Wildman–Crippen LogP) is 13.6. The van der Waals surface area contributed by atoms with Gasteiger partial charge in [0.15, 0.2) is 5.58 Å². The highest BCUT2D eigenvalue weighted by molar-refractivity contribution is 6.30. The van der Waals surface area contributed by atoms with Gasteiger partial charge in [-0.2, -0.15) is 0 Å². The average molecular weight is 715 g/mol. The van der Waals surface area contributed by atoms with Crippen molar-refractivity contribution in [1.29, 1.82) is 0 Å². The molecule has 0 unspecified atom stereocenters. The highest BCUT2D eigenvalue weighted by atomic mass is 16.5. The number of ether oxygens (including phenoxy) is 1. The van der Waals surface area contributed by atoms with E-state index < -0.39 is 0 Å². The quantitative estimate of drug-likeness (QED) is 0.0825. The van der Waals surface area contributed by atoms with Crippen molar-refractivity contribution in [3.05, 3.63) is 84.9 Å². The highest BCUT2D eigenvalue weighted by Gasteiger charge is 2.25. The first-order valence-corrected chi connectivity index (χ1v) is 20.4. The zero-order valence-electron chi connectivity index (χ0n) is 32.2. The molecule has 0 N–H and O–H groups in total. The van der Waals surface area contributed by atoms with Crippen LogP contribution in [0.5, 0.6) is 11.5 Å². The lowest BCUT2D eigenvalue weighted by Gasteiger charge is -2.27. The van der Waals surface area contributed by atoms with Crippen molar-refractivity contribution in [3.63, 3.8) is 0 Å². The van der Waals surface area contributed by atoms with E-state index in [1.807, 2.05) is 0 Å². The largest absolute Gasteiger partial charge is 0.456 e. The number of fused-ring (bicyclic) bond motifs is 12. The maximum atomic E-state index is 6.89. The van der Waals surface area contributed by atoms with Crippen LogP contribution in [0.2, 0.25) is 0 Å². The fourth-order valence-electron chi connectivity index (χ4n) is 8.50. The van der Waals surface area contributed by atoms with Crippen LogP contribution in [0.3, 0.4) is 0 Å². The number of nitrogens with zero attached hydrogens (tertiary/aromatic N) is 4. The van der Waals surface area contributed by atoms with Gasteiger partial charge in [-0.05, 0) is 73.0 Å². The molecule has 0 aliphatic carbocycles. The van der Waals surface area contributed by atoms with E-state index >= 15 is 0 Å². The van der Waals surface area contributed by atoms with Gasteiger partial charge < -0.3 is 19.0 Å². The summed E-state index contributed by atoms with van der Waals surface area (Å²) >= 11 is 0. The van der Waals surface area contributed by atoms with Crippen LogP contribution >= 0.6 is 0 Å². The van der Waals surface area contributed by atoms with E-state index in [1.54, 1.807) is 0 Å². The van der Waals surface area contributed by atoms with Gasteiger partial charge in [0.2, 0.25) is 0 Å². The fraction of sp³-hybridized carbons (Fsp3) is 0.333. The van der Waals surface area contributed by atoms with Crippen molar-refractivity contribution in [3.8, 4) is 22.6 Å². The van der Waals surface area contributed by atoms with E-state index in [9.17, 15) is 0 Å². The van der Waals surface area contributed by atoms with Gasteiger partial charge >= 0.3 is 0 Å². The topological polar surface area (TPSA) is 54.6 Å². The van der Waals surface area contributed by atoms with Crippen molar-refractivity contribution in [2.75, 3.05) is 36.0 Å². The monoisotopic (exact) mass is 714 g/mol. The smallest absolute Gasteiger partial charge is 0.163 e. The van der Waals surface area contributed by atoms with Crippen LogP contribution < -0.4 is 14.5 Å². The molecule has 1 aliphatic heterocycles. The van der Waals surface area contributed by atoms with Gasteiger partial charge in [-0.3, -0.25) is 0 Å². The Kier molecular flexibility index (Phi) is 9.22. The van der Waals surface area contributed by atoms with Gasteiger partial charge in [0.25, 0.3) is 0 Å². The van der Waals surface area contributed by atoms with Gasteiger partial charge in [0.05, 0.1) is 11.0 Å². The Morgan fingerprint density at radius 3 is 1.85 bits per heavy atom. The molecular weight excluding hydrogens is 665 g/mol. The molecule has 0 bridgehead atoms. The van der Waals surface area contributed by atoms with Crippen LogP contribution in [0.4, 0.5) is 11.4 Å². The number of aromatic nitrogens is 2. The Morgan fingerprint density at radius 2 is 1.15 bits per heavy atom. The minimum atomic E-state index is 0.800. The number of hydrogen-bond acceptors (Lipinski definition) is 6. The molecule has 0 spiro atoms. The zero-order chi connectivity index (χ0) is 36.8. The third-order valence-corrected chi connectivity index (χ3v) is 11.4. The Hall–Kier alpha value is -5.36. The Labute approximate surface area is 317 Å². The van der Waals surface area contributed by atoms with Crippen molar-refractivity contribution in [2.24, 2.45) is 0 Å². The molecule has 6 aromatic carbocycles. The summed E-state index contributed by atoms with van der Waals surface area (Å²) in [6.45, 7) is 13.3. The molecule has 0 amide bonds. The molecule has 1 aliphatic rings. The number of benzene rings is 6. The molecule has 3 heterocycles. The van der Waals surface area contributed by atoms with Crippen LogP contribution in [0.15, 0.2) is 89.3 Å². The summed E-state index contributed by atoms with van der Waals surface area (Å²) in [6.07, 6.45) is 9.40. The second kappa shape index (κ2) is 14.5. The number of furan rings is 1. The predicted molar refractivity (Wildman–Crippen MR) is 229 cm³/mol. The first-order valence-electron chi connectivity index (χ1n) is 20.4. The lowest BCUT2D eigenvalue weighted by molar-refractivity contribution is 0.487. The first kappa shape index (κ1) is 34.4. The summed E-state index contributed by atoms with van der Waals surface area (Å²) in [5.41, 5.74) is 9.76. The van der Waals surface area contributed by atoms with Crippen molar-refractivity contribution < 1.29 is 9.15 Å². The third-order valence-electron chi connectivity index (χ3n) is 11.4. The second-order valence-electron chi connectivity index (χ2n) is 15.1. The molecule has 0 atom stereocenters. The lowest BCUT2D eigenvalue weighted by Crippen LogP contribution is -2.25. The second-order valence-corrected chi connectivity index (χ2v) is 15.1. The molecule has 9 rings (SSSR count). The summed E-state index contributed by atoms with van der Waals surface area (Å²) < 4.78 is 13.6. The maximum Gasteiger partial charge on any atom is 0.163 e. The number of hydrogen-bond donors (Lipinski definition) is 0. The SMILES string of the molecule is CCCCN(CCCC)c1ccc2c(c1)Oc1cccc3c1c-2cc1nc2c(nc13)c1ccccc1c1c3ccc(N(CCCC)CCCC)cc3oc21. The van der Waals surface area contributed by atoms with Crippen LogP contribution in [-0.4, -0.2) is 36.1 Å². The summed E-state index contributed by atoms with van der Waals surface area (Å²) in [5, 5.41) is 6.58. The van der Waals surface area contributed by atoms with Crippen molar-refractivity contribution in [2.45, 2.75) is 79.1 Å². The molecular formula is C48H50N4O2. The zero-order valence-corrected chi connectivity index (χ0v) is 32.2. The van der Waals surface area contributed by atoms with Gasteiger partial charge in [0.1, 0.15) is 28.1 Å². The molecule has 274 valence electrons. The molecule has 0 saturated carbocycles. The van der Waals surface area contributed by atoms with E-state index in [0.29, 0.717) is 0 Å². The standard InChI is InChI=1S/C48H50N4O2/c1-5-9-24-51(25-10-6-2)31-20-22-33-38-30-39-45(37-18-15-19-40(43(37)38)53-41(33)28-31)50-46-35-17-14-13-16-34(35)44-36-23-21-32(52(26-11-7-3)27-12-8-4)29-42(36)54-48(44)47(46)49-39/h13-23,28-30H,5-12,24-27H2,1-4H3. The number of unbranched alkanes of at least 4 members (excludes halogenated alkanes) is 4. The maximum absolute atomic E-state index is 6.89. The molecule has 2 aromatic heterocycles. The highest BCUT2D eigenvalue weighted by Crippen LogP contribution is 2.50. The van der Waals surface area contributed by atoms with Gasteiger partial charge in [-0.1, -0.05) is 89.8 Å². The van der Waals surface area contributed by atoms with E-state index in [4.69, 9.17) is 19.1 Å². The minimum absolute atomic E-state index is 0.800. The summed E-state index contributed by atoms with van der Waals surface area (Å²) in [4.78, 5) is 16.0. The van der Waals surface area contributed by atoms with Crippen molar-refractivity contribution >= 4 is 76.9 Å². The average Bonchev–Trinajstić information content (AvgIpc) is 3.60. The Morgan fingerprint density at radius 1 is 0.500 bits per heavy atom. The van der Waals surface area contributed by atoms with E-state index in [2.05, 4.69) is 122 Å². The van der Waals surface area contributed by atoms with E-state index in [1.165, 1.54) is 62.7 Å². The van der Waals surface area contributed by atoms with E-state index in [0.717, 1.165) is 114 Å². The molecule has 8 aromatic rings. The third kappa shape index (κ3) is 5.78. The van der Waals surface area contributed by atoms with Crippen LogP contribution in [0.1, 0.15) is 79.1 Å². The normalized spacial score (nSPS) is 12.4. The Bertz CT molecular complexity index is 2660. The number of rotatable bonds is 14. The number of anilines is 2. The molecule has 6 heteroatoms. The lowest BCUT2D eigenvalue weighted by atomic mass is 9.93. The van der Waals surface area contributed by atoms with Crippen LogP contribution in [-0.2, 0) is 0 Å². The van der Waals surface area contributed by atoms with Crippen LogP contribution in [0.25, 0.3) is 76.7 Å². The van der Waals surface area contributed by atoms with Gasteiger partial charge in [0, 0.05) is 82.2 Å². The molecule has 0 fully saturated rings. The minimum Gasteiger partial charge on any atom is -0.456 e. The van der Waals surface area contributed by atoms with Crippen LogP contribution in [0, 0.1) is 0 Å². The molecule has 0 radical (unpaired) electrons. The summed E-state index contributed by atoms with van der Waals surface area (Å²) in [5.74, 6) is 1.76. The summed E-state index contributed by atoms with van der Waals surface area (Å²) in [7, 11) is 0. The molecule has 0 saturated heterocycles. The molecule has 54 heavy (non-hydrogen) atoms. The van der Waals surface area contributed by atoms with Gasteiger partial charge in [-0.15, -0.1) is 0 Å². The molecule has 6 nitrogen and oxygen atoms in total. The first-order chi connectivity index (χ1) is 26.6. The summed E-state index contributed by atoms with van der Waals surface area (Å²) in [6, 6.07) is 30.7. The van der Waals surface area contributed by atoms with E-state index in [-0.39, 0.29) is 0 Å². The van der Waals surface area contributed by atoms with Gasteiger partial charge in [-0.25, -0.2) is 9.97 Å². The van der Waals surface area contributed by atoms with Crippen molar-refractivity contribution in [1.82, 2.24) is 9.97 Å².